The minimum Gasteiger partial charge on any atom is -0.481 e. The Morgan fingerprint density at radius 3 is 2.56 bits per heavy atom. The Labute approximate surface area is 112 Å². The molecule has 3 nitrogen and oxygen atoms in total. The van der Waals surface area contributed by atoms with Gasteiger partial charge >= 0.3 is 5.97 Å². The van der Waals surface area contributed by atoms with Gasteiger partial charge in [-0.2, -0.15) is 0 Å². The Kier molecular flexibility index (Phi) is 5.20. The predicted octanol–water partition coefficient (Wildman–Crippen LogP) is 3.19. The average molecular weight is 267 g/mol. The summed E-state index contributed by atoms with van der Waals surface area (Å²) in [5, 5.41) is 12.3. The van der Waals surface area contributed by atoms with Gasteiger partial charge in [0.1, 0.15) is 0 Å². The molecule has 1 saturated carbocycles. The quantitative estimate of drug-likeness (QED) is 0.806. The van der Waals surface area contributed by atoms with E-state index in [2.05, 4.69) is 5.32 Å². The van der Waals surface area contributed by atoms with Gasteiger partial charge in [0.25, 0.3) is 0 Å². The number of hydrogen-bond acceptors (Lipinski definition) is 3. The maximum Gasteiger partial charge on any atom is 0.308 e. The molecule has 1 aromatic heterocycles. The van der Waals surface area contributed by atoms with E-state index in [1.54, 1.807) is 11.3 Å². The second-order valence-electron chi connectivity index (χ2n) is 5.01. The first-order valence-electron chi connectivity index (χ1n) is 6.77. The molecule has 0 unspecified atom stereocenters. The van der Waals surface area contributed by atoms with E-state index >= 15 is 0 Å². The minimum absolute atomic E-state index is 0.147. The number of thiophene rings is 1. The summed E-state index contributed by atoms with van der Waals surface area (Å²) >= 11 is 1.61. The molecule has 2 rings (SSSR count). The molecular weight excluding hydrogens is 246 g/mol. The van der Waals surface area contributed by atoms with Crippen molar-refractivity contribution in [2.45, 2.75) is 57.5 Å². The highest BCUT2D eigenvalue weighted by Crippen LogP contribution is 2.20. The van der Waals surface area contributed by atoms with E-state index < -0.39 is 5.97 Å². The summed E-state index contributed by atoms with van der Waals surface area (Å²) in [7, 11) is 0. The van der Waals surface area contributed by atoms with Crippen LogP contribution in [0, 0.1) is 0 Å². The number of carbonyl (C=O) groups is 1. The lowest BCUT2D eigenvalue weighted by molar-refractivity contribution is -0.136. The van der Waals surface area contributed by atoms with E-state index in [-0.39, 0.29) is 6.42 Å². The zero-order valence-corrected chi connectivity index (χ0v) is 11.5. The molecule has 0 spiro atoms. The molecule has 0 amide bonds. The molecule has 0 aromatic carbocycles. The molecule has 1 aliphatic carbocycles. The first kappa shape index (κ1) is 13.6. The zero-order chi connectivity index (χ0) is 12.8. The molecule has 4 heteroatoms. The highest BCUT2D eigenvalue weighted by molar-refractivity contribution is 7.12. The molecule has 0 radical (unpaired) electrons. The lowest BCUT2D eigenvalue weighted by Crippen LogP contribution is -2.27. The van der Waals surface area contributed by atoms with Crippen LogP contribution in [0.2, 0.25) is 0 Å². The molecule has 1 aliphatic rings. The van der Waals surface area contributed by atoms with Crippen molar-refractivity contribution in [3.05, 3.63) is 21.9 Å². The van der Waals surface area contributed by atoms with Crippen LogP contribution in [0.15, 0.2) is 12.1 Å². The molecule has 1 heterocycles. The Bertz CT molecular complexity index is 381. The molecule has 1 aromatic rings. The molecule has 1 fully saturated rings. The van der Waals surface area contributed by atoms with Crippen LogP contribution in [0.1, 0.15) is 48.3 Å². The van der Waals surface area contributed by atoms with E-state index in [4.69, 9.17) is 5.11 Å². The van der Waals surface area contributed by atoms with Gasteiger partial charge in [-0.1, -0.05) is 25.7 Å². The maximum absolute atomic E-state index is 10.6. The van der Waals surface area contributed by atoms with Gasteiger partial charge in [0.2, 0.25) is 0 Å². The van der Waals surface area contributed by atoms with Gasteiger partial charge in [0, 0.05) is 22.3 Å². The molecule has 0 bridgehead atoms. The predicted molar refractivity (Wildman–Crippen MR) is 74.0 cm³/mol. The number of aliphatic carboxylic acids is 1. The molecule has 18 heavy (non-hydrogen) atoms. The van der Waals surface area contributed by atoms with E-state index in [9.17, 15) is 4.79 Å². The number of nitrogens with one attached hydrogen (secondary N) is 1. The van der Waals surface area contributed by atoms with Gasteiger partial charge in [-0.05, 0) is 25.0 Å². The third-order valence-corrected chi connectivity index (χ3v) is 4.55. The second-order valence-corrected chi connectivity index (χ2v) is 6.26. The highest BCUT2D eigenvalue weighted by Gasteiger charge is 2.12. The van der Waals surface area contributed by atoms with Gasteiger partial charge < -0.3 is 10.4 Å². The molecule has 100 valence electrons. The van der Waals surface area contributed by atoms with Crippen LogP contribution < -0.4 is 5.32 Å². The lowest BCUT2D eigenvalue weighted by Gasteiger charge is -2.15. The summed E-state index contributed by atoms with van der Waals surface area (Å²) in [5.41, 5.74) is 0. The van der Waals surface area contributed by atoms with Crippen LogP contribution >= 0.6 is 11.3 Å². The standard InChI is InChI=1S/C14H21NO2S/c16-14(17)9-12-7-8-13(18-12)10-15-11-5-3-1-2-4-6-11/h7-8,11,15H,1-6,9-10H2,(H,16,17). The van der Waals surface area contributed by atoms with Gasteiger partial charge in [-0.25, -0.2) is 0 Å². The summed E-state index contributed by atoms with van der Waals surface area (Å²) < 4.78 is 0. The third kappa shape index (κ3) is 4.42. The first-order chi connectivity index (χ1) is 8.74. The van der Waals surface area contributed by atoms with Crippen molar-refractivity contribution in [2.75, 3.05) is 0 Å². The van der Waals surface area contributed by atoms with E-state index in [1.807, 2.05) is 12.1 Å². The summed E-state index contributed by atoms with van der Waals surface area (Å²) in [6, 6.07) is 4.63. The van der Waals surface area contributed by atoms with Crippen molar-refractivity contribution in [2.24, 2.45) is 0 Å². The molecule has 0 aliphatic heterocycles. The Hall–Kier alpha value is -0.870. The van der Waals surface area contributed by atoms with Crippen molar-refractivity contribution in [1.29, 1.82) is 0 Å². The van der Waals surface area contributed by atoms with E-state index in [0.29, 0.717) is 6.04 Å². The van der Waals surface area contributed by atoms with Crippen LogP contribution in [0.4, 0.5) is 0 Å². The topological polar surface area (TPSA) is 49.3 Å². The number of carboxylic acids is 1. The first-order valence-corrected chi connectivity index (χ1v) is 7.58. The van der Waals surface area contributed by atoms with Crippen LogP contribution in [-0.2, 0) is 17.8 Å². The number of carboxylic acid groups (broad SMARTS) is 1. The van der Waals surface area contributed by atoms with Gasteiger partial charge in [0.15, 0.2) is 0 Å². The van der Waals surface area contributed by atoms with Crippen LogP contribution in [0.5, 0.6) is 0 Å². The van der Waals surface area contributed by atoms with Crippen molar-refractivity contribution >= 4 is 17.3 Å². The van der Waals surface area contributed by atoms with Crippen molar-refractivity contribution < 1.29 is 9.90 Å². The van der Waals surface area contributed by atoms with Crippen molar-refractivity contribution in [1.82, 2.24) is 5.32 Å². The maximum atomic E-state index is 10.6. The fraction of sp³-hybridized carbons (Fsp3) is 0.643. The molecule has 0 saturated heterocycles. The number of hydrogen-bond donors (Lipinski definition) is 2. The fourth-order valence-corrected chi connectivity index (χ4v) is 3.45. The summed E-state index contributed by atoms with van der Waals surface area (Å²) in [6.07, 6.45) is 8.15. The fourth-order valence-electron chi connectivity index (χ4n) is 2.49. The van der Waals surface area contributed by atoms with Gasteiger partial charge in [0.05, 0.1) is 6.42 Å². The van der Waals surface area contributed by atoms with Crippen molar-refractivity contribution in [3.8, 4) is 0 Å². The van der Waals surface area contributed by atoms with Gasteiger partial charge in [-0.15, -0.1) is 11.3 Å². The third-order valence-electron chi connectivity index (χ3n) is 3.46. The Morgan fingerprint density at radius 1 is 1.22 bits per heavy atom. The minimum atomic E-state index is -0.750. The summed E-state index contributed by atoms with van der Waals surface area (Å²) in [5.74, 6) is -0.750. The Balaban J connectivity index is 1.78. The monoisotopic (exact) mass is 267 g/mol. The normalized spacial score (nSPS) is 17.6. The molecular formula is C14H21NO2S. The van der Waals surface area contributed by atoms with Gasteiger partial charge in [-0.3, -0.25) is 4.79 Å². The highest BCUT2D eigenvalue weighted by atomic mass is 32.1. The molecule has 2 N–H and O–H groups in total. The SMILES string of the molecule is O=C(O)Cc1ccc(CNC2CCCCCC2)s1. The van der Waals surface area contributed by atoms with E-state index in [1.165, 1.54) is 43.4 Å². The second kappa shape index (κ2) is 6.90. The number of rotatable bonds is 5. The van der Waals surface area contributed by atoms with Crippen molar-refractivity contribution in [3.63, 3.8) is 0 Å². The Morgan fingerprint density at radius 2 is 1.89 bits per heavy atom. The molecule has 0 atom stereocenters. The smallest absolute Gasteiger partial charge is 0.308 e. The largest absolute Gasteiger partial charge is 0.481 e. The lowest BCUT2D eigenvalue weighted by atomic mass is 10.1. The summed E-state index contributed by atoms with van der Waals surface area (Å²) in [6.45, 7) is 0.884. The zero-order valence-electron chi connectivity index (χ0n) is 10.7. The van der Waals surface area contributed by atoms with Crippen LogP contribution in [0.25, 0.3) is 0 Å². The average Bonchev–Trinajstić information content (AvgIpc) is 2.61. The summed E-state index contributed by atoms with van der Waals surface area (Å²) in [4.78, 5) is 12.8. The van der Waals surface area contributed by atoms with E-state index in [0.717, 1.165) is 11.4 Å². The van der Waals surface area contributed by atoms with Crippen LogP contribution in [-0.4, -0.2) is 17.1 Å². The van der Waals surface area contributed by atoms with Crippen LogP contribution in [0.3, 0.4) is 0 Å².